The molecular weight excluding hydrogens is 231 g/mol. The van der Waals surface area contributed by atoms with Crippen LogP contribution in [0.25, 0.3) is 11.0 Å². The molecule has 0 radical (unpaired) electrons. The van der Waals surface area contributed by atoms with Crippen LogP contribution in [-0.2, 0) is 12.7 Å². The first kappa shape index (κ1) is 11.9. The Morgan fingerprint density at radius 1 is 1.29 bits per heavy atom. The molecule has 0 amide bonds. The SMILES string of the molecule is CCCCn1nnc2cc(C(F)(F)F)ccc21. The topological polar surface area (TPSA) is 30.7 Å². The first-order valence-electron chi connectivity index (χ1n) is 5.43. The fourth-order valence-electron chi connectivity index (χ4n) is 1.62. The third kappa shape index (κ3) is 2.40. The summed E-state index contributed by atoms with van der Waals surface area (Å²) in [4.78, 5) is 0. The van der Waals surface area contributed by atoms with Gasteiger partial charge in [0.2, 0.25) is 0 Å². The second-order valence-electron chi connectivity index (χ2n) is 3.87. The molecule has 1 heterocycles. The molecule has 0 aliphatic heterocycles. The number of alkyl halides is 3. The molecule has 0 fully saturated rings. The highest BCUT2D eigenvalue weighted by Gasteiger charge is 2.30. The third-order valence-electron chi connectivity index (χ3n) is 2.56. The minimum absolute atomic E-state index is 0.288. The van der Waals surface area contributed by atoms with E-state index >= 15 is 0 Å². The minimum atomic E-state index is -4.33. The second kappa shape index (κ2) is 4.35. The predicted molar refractivity (Wildman–Crippen MR) is 57.4 cm³/mol. The van der Waals surface area contributed by atoms with E-state index in [2.05, 4.69) is 10.3 Å². The van der Waals surface area contributed by atoms with E-state index < -0.39 is 11.7 Å². The highest BCUT2D eigenvalue weighted by molar-refractivity contribution is 5.75. The number of aryl methyl sites for hydroxylation is 1. The number of unbranched alkanes of at least 4 members (excludes halogenated alkanes) is 1. The summed E-state index contributed by atoms with van der Waals surface area (Å²) in [6.45, 7) is 2.72. The van der Waals surface area contributed by atoms with E-state index in [1.54, 1.807) is 4.68 Å². The van der Waals surface area contributed by atoms with Gasteiger partial charge in [0.05, 0.1) is 11.1 Å². The van der Waals surface area contributed by atoms with Crippen molar-refractivity contribution in [1.82, 2.24) is 15.0 Å². The maximum atomic E-state index is 12.5. The van der Waals surface area contributed by atoms with Crippen LogP contribution in [0.15, 0.2) is 18.2 Å². The summed E-state index contributed by atoms with van der Waals surface area (Å²) >= 11 is 0. The summed E-state index contributed by atoms with van der Waals surface area (Å²) in [7, 11) is 0. The van der Waals surface area contributed by atoms with Crippen LogP contribution >= 0.6 is 0 Å². The molecule has 6 heteroatoms. The Labute approximate surface area is 96.2 Å². The molecule has 17 heavy (non-hydrogen) atoms. The van der Waals surface area contributed by atoms with Crippen molar-refractivity contribution in [1.29, 1.82) is 0 Å². The molecule has 0 saturated heterocycles. The van der Waals surface area contributed by atoms with Gasteiger partial charge < -0.3 is 0 Å². The maximum Gasteiger partial charge on any atom is 0.416 e. The van der Waals surface area contributed by atoms with Gasteiger partial charge in [-0.25, -0.2) is 4.68 Å². The van der Waals surface area contributed by atoms with Crippen molar-refractivity contribution in [2.75, 3.05) is 0 Å². The number of nitrogens with zero attached hydrogens (tertiary/aromatic N) is 3. The Bertz CT molecular complexity index is 516. The lowest BCUT2D eigenvalue weighted by molar-refractivity contribution is -0.137. The summed E-state index contributed by atoms with van der Waals surface area (Å²) < 4.78 is 39.0. The van der Waals surface area contributed by atoms with Gasteiger partial charge in [-0.05, 0) is 24.6 Å². The van der Waals surface area contributed by atoms with Crippen molar-refractivity contribution in [3.05, 3.63) is 23.8 Å². The van der Waals surface area contributed by atoms with E-state index in [0.29, 0.717) is 12.1 Å². The zero-order chi connectivity index (χ0) is 12.5. The fraction of sp³-hybridized carbons (Fsp3) is 0.455. The maximum absolute atomic E-state index is 12.5. The summed E-state index contributed by atoms with van der Waals surface area (Å²) in [5.74, 6) is 0. The summed E-state index contributed by atoms with van der Waals surface area (Å²) in [6, 6.07) is 3.52. The number of benzene rings is 1. The number of fused-ring (bicyclic) bond motifs is 1. The molecule has 0 atom stereocenters. The number of rotatable bonds is 3. The van der Waals surface area contributed by atoms with Crippen molar-refractivity contribution < 1.29 is 13.2 Å². The molecule has 0 aliphatic rings. The molecule has 1 aromatic carbocycles. The van der Waals surface area contributed by atoms with Crippen LogP contribution in [0, 0.1) is 0 Å². The number of aromatic nitrogens is 3. The van der Waals surface area contributed by atoms with Crippen LogP contribution in [0.3, 0.4) is 0 Å². The molecule has 2 aromatic rings. The number of halogens is 3. The van der Waals surface area contributed by atoms with E-state index in [9.17, 15) is 13.2 Å². The van der Waals surface area contributed by atoms with E-state index in [0.717, 1.165) is 25.0 Å². The monoisotopic (exact) mass is 243 g/mol. The number of hydrogen-bond acceptors (Lipinski definition) is 2. The highest BCUT2D eigenvalue weighted by atomic mass is 19.4. The van der Waals surface area contributed by atoms with Gasteiger partial charge >= 0.3 is 6.18 Å². The first-order valence-corrected chi connectivity index (χ1v) is 5.43. The smallest absolute Gasteiger partial charge is 0.245 e. The van der Waals surface area contributed by atoms with Crippen molar-refractivity contribution in [2.45, 2.75) is 32.5 Å². The van der Waals surface area contributed by atoms with E-state index in [4.69, 9.17) is 0 Å². The van der Waals surface area contributed by atoms with Gasteiger partial charge in [0.25, 0.3) is 0 Å². The minimum Gasteiger partial charge on any atom is -0.245 e. The molecule has 1 aromatic heterocycles. The Morgan fingerprint density at radius 3 is 2.71 bits per heavy atom. The van der Waals surface area contributed by atoms with Gasteiger partial charge in [-0.1, -0.05) is 18.6 Å². The second-order valence-corrected chi connectivity index (χ2v) is 3.87. The van der Waals surface area contributed by atoms with E-state index in [1.165, 1.54) is 6.07 Å². The van der Waals surface area contributed by atoms with Crippen LogP contribution in [0.1, 0.15) is 25.3 Å². The standard InChI is InChI=1S/C11H12F3N3/c1-2-3-6-17-10-5-4-8(11(12,13)14)7-9(10)15-16-17/h4-5,7H,2-3,6H2,1H3. The van der Waals surface area contributed by atoms with Crippen LogP contribution in [-0.4, -0.2) is 15.0 Å². The molecule has 2 rings (SSSR count). The molecule has 0 aliphatic carbocycles. The Balaban J connectivity index is 2.38. The first-order chi connectivity index (χ1) is 8.02. The van der Waals surface area contributed by atoms with E-state index in [1.807, 2.05) is 6.92 Å². The van der Waals surface area contributed by atoms with E-state index in [-0.39, 0.29) is 5.52 Å². The molecule has 0 spiro atoms. The summed E-state index contributed by atoms with van der Waals surface area (Å²) in [5, 5.41) is 7.61. The van der Waals surface area contributed by atoms with Crippen LogP contribution in [0.2, 0.25) is 0 Å². The van der Waals surface area contributed by atoms with Gasteiger partial charge in [-0.15, -0.1) is 5.10 Å². The Morgan fingerprint density at radius 2 is 2.06 bits per heavy atom. The van der Waals surface area contributed by atoms with Gasteiger partial charge in [0, 0.05) is 6.54 Å². The zero-order valence-electron chi connectivity index (χ0n) is 9.33. The van der Waals surface area contributed by atoms with Crippen LogP contribution in [0.5, 0.6) is 0 Å². The van der Waals surface area contributed by atoms with Gasteiger partial charge in [-0.2, -0.15) is 13.2 Å². The van der Waals surface area contributed by atoms with Crippen LogP contribution in [0.4, 0.5) is 13.2 Å². The Hall–Kier alpha value is -1.59. The van der Waals surface area contributed by atoms with Gasteiger partial charge in [0.15, 0.2) is 0 Å². The lowest BCUT2D eigenvalue weighted by Crippen LogP contribution is -2.04. The molecule has 0 bridgehead atoms. The summed E-state index contributed by atoms with van der Waals surface area (Å²) in [6.07, 6.45) is -2.40. The van der Waals surface area contributed by atoms with Crippen molar-refractivity contribution in [3.8, 4) is 0 Å². The average Bonchev–Trinajstić information content (AvgIpc) is 2.67. The molecule has 3 nitrogen and oxygen atoms in total. The van der Waals surface area contributed by atoms with Crippen LogP contribution < -0.4 is 0 Å². The lowest BCUT2D eigenvalue weighted by atomic mass is 10.2. The third-order valence-corrected chi connectivity index (χ3v) is 2.56. The predicted octanol–water partition coefficient (Wildman–Crippen LogP) is 3.25. The molecule has 0 saturated carbocycles. The zero-order valence-corrected chi connectivity index (χ0v) is 9.33. The van der Waals surface area contributed by atoms with Crippen molar-refractivity contribution >= 4 is 11.0 Å². The van der Waals surface area contributed by atoms with Gasteiger partial charge in [0.1, 0.15) is 5.52 Å². The number of hydrogen-bond donors (Lipinski definition) is 0. The normalized spacial score (nSPS) is 12.2. The Kier molecular flexibility index (Phi) is 3.04. The molecule has 92 valence electrons. The molecule has 0 N–H and O–H groups in total. The van der Waals surface area contributed by atoms with Gasteiger partial charge in [-0.3, -0.25) is 0 Å². The van der Waals surface area contributed by atoms with Crippen molar-refractivity contribution in [3.63, 3.8) is 0 Å². The molecular formula is C11H12F3N3. The largest absolute Gasteiger partial charge is 0.416 e. The molecule has 0 unspecified atom stereocenters. The summed E-state index contributed by atoms with van der Waals surface area (Å²) in [5.41, 5.74) is 0.245. The average molecular weight is 243 g/mol. The fourth-order valence-corrected chi connectivity index (χ4v) is 1.62. The lowest BCUT2D eigenvalue weighted by Gasteiger charge is -2.06. The van der Waals surface area contributed by atoms with Crippen molar-refractivity contribution in [2.24, 2.45) is 0 Å². The quantitative estimate of drug-likeness (QED) is 0.828. The highest BCUT2D eigenvalue weighted by Crippen LogP contribution is 2.30.